The number of benzene rings is 1. The van der Waals surface area contributed by atoms with Gasteiger partial charge in [-0.1, -0.05) is 17.7 Å². The van der Waals surface area contributed by atoms with Crippen molar-refractivity contribution in [3.8, 4) is 0 Å². The molecular weight excluding hydrogens is 224 g/mol. The normalized spacial score (nSPS) is 10.5. The van der Waals surface area contributed by atoms with Gasteiger partial charge in [0.25, 0.3) is 5.91 Å². The molecule has 0 saturated carbocycles. The third-order valence-corrected chi connectivity index (χ3v) is 2.39. The second kappa shape index (κ2) is 6.51. The molecule has 88 valence electrons. The van der Waals surface area contributed by atoms with Gasteiger partial charge in [0.2, 0.25) is 0 Å². The van der Waals surface area contributed by atoms with Crippen molar-refractivity contribution in [1.29, 1.82) is 0 Å². The third-order valence-electron chi connectivity index (χ3n) is 2.15. The minimum Gasteiger partial charge on any atom is -0.352 e. The van der Waals surface area contributed by atoms with Gasteiger partial charge in [-0.05, 0) is 45.3 Å². The smallest absolute Gasteiger partial charge is 0.251 e. The van der Waals surface area contributed by atoms with E-state index in [1.165, 1.54) is 0 Å². The molecule has 0 atom stereocenters. The Labute approximate surface area is 101 Å². The zero-order valence-corrected chi connectivity index (χ0v) is 10.4. The van der Waals surface area contributed by atoms with Gasteiger partial charge in [0.05, 0.1) is 0 Å². The van der Waals surface area contributed by atoms with Crippen LogP contribution in [-0.4, -0.2) is 38.0 Å². The standard InChI is InChI=1S/C12H17ClN2O/c1-15(2)8-4-7-14-12(16)10-5-3-6-11(13)9-10/h3,5-6,9H,4,7-8H2,1-2H3,(H,14,16). The Morgan fingerprint density at radius 2 is 2.19 bits per heavy atom. The summed E-state index contributed by atoms with van der Waals surface area (Å²) >= 11 is 5.81. The first kappa shape index (κ1) is 13.0. The minimum absolute atomic E-state index is 0.0683. The maximum atomic E-state index is 11.7. The molecule has 1 aromatic rings. The maximum Gasteiger partial charge on any atom is 0.251 e. The number of hydrogen-bond acceptors (Lipinski definition) is 2. The second-order valence-electron chi connectivity index (χ2n) is 3.92. The summed E-state index contributed by atoms with van der Waals surface area (Å²) in [5, 5.41) is 3.44. The van der Waals surface area contributed by atoms with Crippen molar-refractivity contribution in [1.82, 2.24) is 10.2 Å². The van der Waals surface area contributed by atoms with Gasteiger partial charge >= 0.3 is 0 Å². The van der Waals surface area contributed by atoms with E-state index < -0.39 is 0 Å². The van der Waals surface area contributed by atoms with Gasteiger partial charge in [-0.25, -0.2) is 0 Å². The maximum absolute atomic E-state index is 11.7. The Morgan fingerprint density at radius 1 is 1.44 bits per heavy atom. The molecule has 0 aromatic heterocycles. The highest BCUT2D eigenvalue weighted by atomic mass is 35.5. The van der Waals surface area contributed by atoms with Crippen LogP contribution < -0.4 is 5.32 Å². The second-order valence-corrected chi connectivity index (χ2v) is 4.36. The summed E-state index contributed by atoms with van der Waals surface area (Å²) in [6.07, 6.45) is 0.944. The van der Waals surface area contributed by atoms with Gasteiger partial charge in [0.15, 0.2) is 0 Å². The van der Waals surface area contributed by atoms with Crippen LogP contribution in [0.2, 0.25) is 5.02 Å². The SMILES string of the molecule is CN(C)CCCNC(=O)c1cccc(Cl)c1. The molecule has 0 unspecified atom stereocenters. The lowest BCUT2D eigenvalue weighted by atomic mass is 10.2. The quantitative estimate of drug-likeness (QED) is 0.799. The molecule has 3 nitrogen and oxygen atoms in total. The molecule has 0 aliphatic carbocycles. The number of rotatable bonds is 5. The number of hydrogen-bond donors (Lipinski definition) is 1. The number of carbonyl (C=O) groups excluding carboxylic acids is 1. The van der Waals surface area contributed by atoms with Crippen molar-refractivity contribution in [3.05, 3.63) is 34.9 Å². The fraction of sp³-hybridized carbons (Fsp3) is 0.417. The lowest BCUT2D eigenvalue weighted by Gasteiger charge is -2.09. The van der Waals surface area contributed by atoms with Crippen LogP contribution in [0.1, 0.15) is 16.8 Å². The number of nitrogens with one attached hydrogen (secondary N) is 1. The van der Waals surface area contributed by atoms with Crippen LogP contribution in [0.4, 0.5) is 0 Å². The highest BCUT2D eigenvalue weighted by Gasteiger charge is 2.04. The summed E-state index contributed by atoms with van der Waals surface area (Å²) in [6.45, 7) is 1.65. The number of halogens is 1. The molecule has 0 fully saturated rings. The molecule has 1 N–H and O–H groups in total. The number of nitrogens with zero attached hydrogens (tertiary/aromatic N) is 1. The van der Waals surface area contributed by atoms with E-state index in [4.69, 9.17) is 11.6 Å². The predicted octanol–water partition coefficient (Wildman–Crippen LogP) is 2.02. The number of carbonyl (C=O) groups is 1. The summed E-state index contributed by atoms with van der Waals surface area (Å²) in [7, 11) is 4.03. The zero-order chi connectivity index (χ0) is 12.0. The van der Waals surface area contributed by atoms with E-state index in [2.05, 4.69) is 10.2 Å². The van der Waals surface area contributed by atoms with E-state index in [9.17, 15) is 4.79 Å². The van der Waals surface area contributed by atoms with Crippen LogP contribution in [0.25, 0.3) is 0 Å². The Balaban J connectivity index is 2.35. The summed E-state index contributed by atoms with van der Waals surface area (Å²) in [6, 6.07) is 6.96. The van der Waals surface area contributed by atoms with Crippen molar-refractivity contribution in [2.24, 2.45) is 0 Å². The van der Waals surface area contributed by atoms with Crippen LogP contribution in [-0.2, 0) is 0 Å². The van der Waals surface area contributed by atoms with Crippen molar-refractivity contribution >= 4 is 17.5 Å². The molecule has 1 rings (SSSR count). The largest absolute Gasteiger partial charge is 0.352 e. The van der Waals surface area contributed by atoms with E-state index in [0.29, 0.717) is 17.1 Å². The van der Waals surface area contributed by atoms with E-state index >= 15 is 0 Å². The van der Waals surface area contributed by atoms with Gasteiger partial charge in [-0.15, -0.1) is 0 Å². The summed E-state index contributed by atoms with van der Waals surface area (Å²) in [5.74, 6) is -0.0683. The minimum atomic E-state index is -0.0683. The molecule has 0 aliphatic rings. The predicted molar refractivity (Wildman–Crippen MR) is 67.0 cm³/mol. The fourth-order valence-corrected chi connectivity index (χ4v) is 1.52. The molecule has 0 aliphatic heterocycles. The highest BCUT2D eigenvalue weighted by molar-refractivity contribution is 6.30. The molecule has 4 heteroatoms. The average molecular weight is 241 g/mol. The molecule has 0 saturated heterocycles. The third kappa shape index (κ3) is 4.64. The zero-order valence-electron chi connectivity index (χ0n) is 9.66. The molecule has 16 heavy (non-hydrogen) atoms. The molecule has 0 spiro atoms. The Morgan fingerprint density at radius 3 is 2.81 bits per heavy atom. The van der Waals surface area contributed by atoms with Gasteiger partial charge < -0.3 is 10.2 Å². The van der Waals surface area contributed by atoms with Crippen LogP contribution in [0.5, 0.6) is 0 Å². The van der Waals surface area contributed by atoms with Crippen molar-refractivity contribution in [2.45, 2.75) is 6.42 Å². The first-order valence-corrected chi connectivity index (χ1v) is 5.66. The molecule has 1 amide bonds. The lowest BCUT2D eigenvalue weighted by molar-refractivity contribution is 0.0952. The Bertz CT molecular complexity index is 353. The first-order valence-electron chi connectivity index (χ1n) is 5.28. The van der Waals surface area contributed by atoms with Crippen molar-refractivity contribution < 1.29 is 4.79 Å². The van der Waals surface area contributed by atoms with E-state index in [0.717, 1.165) is 13.0 Å². The van der Waals surface area contributed by atoms with E-state index in [1.807, 2.05) is 14.1 Å². The van der Waals surface area contributed by atoms with Gasteiger partial charge in [-0.2, -0.15) is 0 Å². The van der Waals surface area contributed by atoms with Crippen molar-refractivity contribution in [2.75, 3.05) is 27.2 Å². The summed E-state index contributed by atoms with van der Waals surface area (Å²) < 4.78 is 0. The van der Waals surface area contributed by atoms with Gasteiger partial charge in [0, 0.05) is 17.1 Å². The van der Waals surface area contributed by atoms with Crippen LogP contribution in [0.15, 0.2) is 24.3 Å². The van der Waals surface area contributed by atoms with Gasteiger partial charge in [-0.3, -0.25) is 4.79 Å². The molecular formula is C12H17ClN2O. The highest BCUT2D eigenvalue weighted by Crippen LogP contribution is 2.10. The topological polar surface area (TPSA) is 32.3 Å². The number of amides is 1. The molecule has 0 bridgehead atoms. The van der Waals surface area contributed by atoms with E-state index in [-0.39, 0.29) is 5.91 Å². The Hall–Kier alpha value is -1.06. The van der Waals surface area contributed by atoms with Crippen LogP contribution >= 0.6 is 11.6 Å². The average Bonchev–Trinajstić information content (AvgIpc) is 2.24. The molecule has 1 aromatic carbocycles. The first-order chi connectivity index (χ1) is 7.59. The Kier molecular flexibility index (Phi) is 5.29. The van der Waals surface area contributed by atoms with Crippen LogP contribution in [0.3, 0.4) is 0 Å². The summed E-state index contributed by atoms with van der Waals surface area (Å²) in [5.41, 5.74) is 0.609. The molecule has 0 radical (unpaired) electrons. The summed E-state index contributed by atoms with van der Waals surface area (Å²) in [4.78, 5) is 13.7. The molecule has 0 heterocycles. The van der Waals surface area contributed by atoms with Crippen molar-refractivity contribution in [3.63, 3.8) is 0 Å². The van der Waals surface area contributed by atoms with Crippen LogP contribution in [0, 0.1) is 0 Å². The lowest BCUT2D eigenvalue weighted by Crippen LogP contribution is -2.27. The fourth-order valence-electron chi connectivity index (χ4n) is 1.33. The van der Waals surface area contributed by atoms with Gasteiger partial charge in [0.1, 0.15) is 0 Å². The monoisotopic (exact) mass is 240 g/mol. The van der Waals surface area contributed by atoms with E-state index in [1.54, 1.807) is 24.3 Å².